The molecule has 0 rings (SSSR count). The number of thiocarbonyl (C=S) groups is 2. The molecule has 0 amide bonds. The summed E-state index contributed by atoms with van der Waals surface area (Å²) in [7, 11) is 0. The molecule has 0 saturated heterocycles. The summed E-state index contributed by atoms with van der Waals surface area (Å²) in [5.41, 5.74) is 10.7. The third kappa shape index (κ3) is 2.45. The zero-order chi connectivity index (χ0) is 8.31. The monoisotopic (exact) mass is 177 g/mol. The first kappa shape index (κ1) is 9.58. The molecule has 0 aliphatic carbocycles. The van der Waals surface area contributed by atoms with Crippen LogP contribution in [0.5, 0.6) is 0 Å². The standard InChI is InChI=1S/C5H11N3S2/c1-3(2)8(4(6)9)5(7)10/h3H,1-2H3,(H2,6,9)(H2,7,10). The molecule has 0 fully saturated rings. The molecule has 0 aromatic heterocycles. The molecule has 0 heterocycles. The Kier molecular flexibility index (Phi) is 3.52. The zero-order valence-electron chi connectivity index (χ0n) is 6.00. The fourth-order valence-electron chi connectivity index (χ4n) is 0.618. The van der Waals surface area contributed by atoms with Crippen LogP contribution in [0, 0.1) is 0 Å². The molecule has 0 spiro atoms. The van der Waals surface area contributed by atoms with E-state index >= 15 is 0 Å². The van der Waals surface area contributed by atoms with Gasteiger partial charge in [-0.3, -0.25) is 4.90 Å². The van der Waals surface area contributed by atoms with Gasteiger partial charge in [0, 0.05) is 6.04 Å². The molecule has 0 saturated carbocycles. The van der Waals surface area contributed by atoms with Gasteiger partial charge in [0.1, 0.15) is 0 Å². The summed E-state index contributed by atoms with van der Waals surface area (Å²) in [6.45, 7) is 3.83. The third-order valence-electron chi connectivity index (χ3n) is 0.991. The Morgan fingerprint density at radius 1 is 1.20 bits per heavy atom. The van der Waals surface area contributed by atoms with E-state index in [2.05, 4.69) is 0 Å². The molecule has 0 aliphatic heterocycles. The van der Waals surface area contributed by atoms with Crippen LogP contribution in [0.15, 0.2) is 0 Å². The molecule has 0 unspecified atom stereocenters. The topological polar surface area (TPSA) is 55.3 Å². The lowest BCUT2D eigenvalue weighted by Crippen LogP contribution is -2.47. The molecular weight excluding hydrogens is 166 g/mol. The molecule has 4 N–H and O–H groups in total. The number of hydrogen-bond donors (Lipinski definition) is 2. The Hall–Kier alpha value is -0.420. The summed E-state index contributed by atoms with van der Waals surface area (Å²) in [5, 5.41) is 0.449. The minimum absolute atomic E-state index is 0.134. The summed E-state index contributed by atoms with van der Waals surface area (Å²) in [6, 6.07) is 0.134. The first-order chi connectivity index (χ1) is 4.46. The lowest BCUT2D eigenvalue weighted by Gasteiger charge is -2.24. The quantitative estimate of drug-likeness (QED) is 0.560. The van der Waals surface area contributed by atoms with Gasteiger partial charge in [0.05, 0.1) is 0 Å². The SMILES string of the molecule is CC(C)N(C(N)=S)C(N)=S. The van der Waals surface area contributed by atoms with Gasteiger partial charge in [-0.25, -0.2) is 0 Å². The Morgan fingerprint density at radius 3 is 1.50 bits per heavy atom. The zero-order valence-corrected chi connectivity index (χ0v) is 7.63. The Labute approximate surface area is 71.4 Å². The van der Waals surface area contributed by atoms with Crippen molar-refractivity contribution in [3.8, 4) is 0 Å². The van der Waals surface area contributed by atoms with E-state index in [1.54, 1.807) is 0 Å². The van der Waals surface area contributed by atoms with Gasteiger partial charge >= 0.3 is 0 Å². The lowest BCUT2D eigenvalue weighted by molar-refractivity contribution is 0.506. The maximum atomic E-state index is 5.33. The van der Waals surface area contributed by atoms with Crippen molar-refractivity contribution >= 4 is 34.7 Å². The van der Waals surface area contributed by atoms with Crippen molar-refractivity contribution in [2.75, 3.05) is 0 Å². The van der Waals surface area contributed by atoms with Crippen LogP contribution in [-0.4, -0.2) is 21.2 Å². The summed E-state index contributed by atoms with van der Waals surface area (Å²) in [4.78, 5) is 1.52. The van der Waals surface area contributed by atoms with Crippen molar-refractivity contribution in [1.29, 1.82) is 0 Å². The maximum Gasteiger partial charge on any atom is 0.172 e. The number of hydrogen-bond acceptors (Lipinski definition) is 2. The largest absolute Gasteiger partial charge is 0.376 e. The molecule has 58 valence electrons. The minimum atomic E-state index is 0.134. The van der Waals surface area contributed by atoms with Gasteiger partial charge in [-0.2, -0.15) is 0 Å². The van der Waals surface area contributed by atoms with Gasteiger partial charge in [0.15, 0.2) is 10.2 Å². The fourth-order valence-corrected chi connectivity index (χ4v) is 1.29. The highest BCUT2D eigenvalue weighted by atomic mass is 32.1. The highest BCUT2D eigenvalue weighted by Crippen LogP contribution is 1.96. The average molecular weight is 177 g/mol. The summed E-state index contributed by atoms with van der Waals surface area (Å²) in [5.74, 6) is 0. The fraction of sp³-hybridized carbons (Fsp3) is 0.600. The van der Waals surface area contributed by atoms with Gasteiger partial charge in [-0.05, 0) is 38.3 Å². The minimum Gasteiger partial charge on any atom is -0.376 e. The lowest BCUT2D eigenvalue weighted by atomic mass is 10.4. The van der Waals surface area contributed by atoms with Gasteiger partial charge < -0.3 is 11.5 Å². The van der Waals surface area contributed by atoms with Gasteiger partial charge in [0.25, 0.3) is 0 Å². The second-order valence-electron chi connectivity index (χ2n) is 2.14. The van der Waals surface area contributed by atoms with E-state index in [0.717, 1.165) is 0 Å². The second kappa shape index (κ2) is 3.68. The van der Waals surface area contributed by atoms with Crippen molar-refractivity contribution in [2.24, 2.45) is 11.5 Å². The molecule has 0 aliphatic rings. The van der Waals surface area contributed by atoms with Crippen LogP contribution in [0.2, 0.25) is 0 Å². The van der Waals surface area contributed by atoms with E-state index in [-0.39, 0.29) is 16.3 Å². The van der Waals surface area contributed by atoms with E-state index in [9.17, 15) is 0 Å². The average Bonchev–Trinajstić information content (AvgIpc) is 1.59. The van der Waals surface area contributed by atoms with Crippen molar-refractivity contribution in [2.45, 2.75) is 19.9 Å². The van der Waals surface area contributed by atoms with E-state index in [4.69, 9.17) is 35.9 Å². The Balaban J connectivity index is 4.27. The van der Waals surface area contributed by atoms with Crippen molar-refractivity contribution in [3.63, 3.8) is 0 Å². The van der Waals surface area contributed by atoms with E-state index in [1.165, 1.54) is 4.90 Å². The number of nitrogens with two attached hydrogens (primary N) is 2. The third-order valence-corrected chi connectivity index (χ3v) is 1.38. The molecule has 3 nitrogen and oxygen atoms in total. The smallest absolute Gasteiger partial charge is 0.172 e. The number of nitrogens with zero attached hydrogens (tertiary/aromatic N) is 1. The van der Waals surface area contributed by atoms with Crippen molar-refractivity contribution in [3.05, 3.63) is 0 Å². The second-order valence-corrected chi connectivity index (χ2v) is 2.98. The summed E-state index contributed by atoms with van der Waals surface area (Å²) in [6.07, 6.45) is 0. The van der Waals surface area contributed by atoms with Crippen LogP contribution in [0.25, 0.3) is 0 Å². The van der Waals surface area contributed by atoms with Crippen LogP contribution in [0.4, 0.5) is 0 Å². The van der Waals surface area contributed by atoms with Gasteiger partial charge in [-0.1, -0.05) is 0 Å². The molecule has 0 aromatic carbocycles. The maximum absolute atomic E-state index is 5.33. The molecule has 0 aromatic rings. The van der Waals surface area contributed by atoms with Crippen molar-refractivity contribution < 1.29 is 0 Å². The van der Waals surface area contributed by atoms with Gasteiger partial charge in [0.2, 0.25) is 0 Å². The van der Waals surface area contributed by atoms with Crippen LogP contribution in [0.3, 0.4) is 0 Å². The predicted molar refractivity (Wildman–Crippen MR) is 50.5 cm³/mol. The summed E-state index contributed by atoms with van der Waals surface area (Å²) >= 11 is 9.41. The van der Waals surface area contributed by atoms with Gasteiger partial charge in [-0.15, -0.1) is 0 Å². The Morgan fingerprint density at radius 2 is 1.50 bits per heavy atom. The normalized spacial score (nSPS) is 9.50. The number of rotatable bonds is 1. The van der Waals surface area contributed by atoms with Crippen LogP contribution < -0.4 is 11.5 Å². The molecule has 0 atom stereocenters. The molecule has 0 bridgehead atoms. The highest BCUT2D eigenvalue weighted by molar-refractivity contribution is 7.81. The van der Waals surface area contributed by atoms with Crippen LogP contribution in [0.1, 0.15) is 13.8 Å². The Bertz CT molecular complexity index is 141. The molecule has 10 heavy (non-hydrogen) atoms. The van der Waals surface area contributed by atoms with E-state index in [0.29, 0.717) is 0 Å². The molecule has 0 radical (unpaired) electrons. The van der Waals surface area contributed by atoms with E-state index in [1.807, 2.05) is 13.8 Å². The van der Waals surface area contributed by atoms with Crippen molar-refractivity contribution in [1.82, 2.24) is 4.90 Å². The van der Waals surface area contributed by atoms with Crippen LogP contribution in [-0.2, 0) is 0 Å². The first-order valence-electron chi connectivity index (χ1n) is 2.85. The molecule has 5 heteroatoms. The predicted octanol–water partition coefficient (Wildman–Crippen LogP) is 0.184. The summed E-state index contributed by atoms with van der Waals surface area (Å²) < 4.78 is 0. The van der Waals surface area contributed by atoms with Crippen LogP contribution >= 0.6 is 24.4 Å². The highest BCUT2D eigenvalue weighted by Gasteiger charge is 2.12. The van der Waals surface area contributed by atoms with E-state index < -0.39 is 0 Å². The molecular formula is C5H11N3S2. The first-order valence-corrected chi connectivity index (χ1v) is 3.66.